The summed E-state index contributed by atoms with van der Waals surface area (Å²) in [5, 5.41) is 11.8. The van der Waals surface area contributed by atoms with E-state index in [9.17, 15) is 0 Å². The molecule has 0 saturated heterocycles. The van der Waals surface area contributed by atoms with Gasteiger partial charge in [0.05, 0.1) is 12.8 Å². The molecule has 2 aromatic carbocycles. The van der Waals surface area contributed by atoms with Crippen molar-refractivity contribution in [1.82, 2.24) is 24.7 Å². The zero-order chi connectivity index (χ0) is 23.2. The molecule has 1 unspecified atom stereocenters. The van der Waals surface area contributed by atoms with Crippen molar-refractivity contribution >= 4 is 46.4 Å². The van der Waals surface area contributed by atoms with E-state index in [0.29, 0.717) is 27.8 Å². The van der Waals surface area contributed by atoms with Crippen LogP contribution in [0.25, 0.3) is 5.69 Å². The third-order valence-corrected chi connectivity index (χ3v) is 5.92. The fourth-order valence-corrected chi connectivity index (χ4v) is 4.18. The molecule has 10 heteroatoms. The molecule has 0 amide bonds. The number of aromatic nitrogens is 5. The second-order valence-electron chi connectivity index (χ2n) is 7.45. The molecule has 0 aliphatic rings. The lowest BCUT2D eigenvalue weighted by Crippen LogP contribution is -2.04. The molecule has 33 heavy (non-hydrogen) atoms. The normalized spacial score (nSPS) is 12.0. The molecule has 0 fully saturated rings. The number of nitrogens with one attached hydrogen (secondary N) is 2. The number of H-pyrrole nitrogens is 1. The van der Waals surface area contributed by atoms with E-state index in [1.165, 1.54) is 0 Å². The largest absolute Gasteiger partial charge is 0.494 e. The van der Waals surface area contributed by atoms with E-state index in [2.05, 4.69) is 26.6 Å². The first-order chi connectivity index (χ1) is 16.1. The van der Waals surface area contributed by atoms with Crippen molar-refractivity contribution in [3.05, 3.63) is 76.6 Å². The van der Waals surface area contributed by atoms with Gasteiger partial charge in [-0.1, -0.05) is 41.8 Å². The maximum atomic E-state index is 6.23. The number of halogens is 3. The van der Waals surface area contributed by atoms with E-state index in [1.807, 2.05) is 36.4 Å². The van der Waals surface area contributed by atoms with Gasteiger partial charge in [-0.15, -0.1) is 16.7 Å². The number of rotatable bonds is 10. The lowest BCUT2D eigenvalue weighted by atomic mass is 9.93. The minimum absolute atomic E-state index is 0.0397. The zero-order valence-electron chi connectivity index (χ0n) is 17.9. The second-order valence-corrected chi connectivity index (χ2v) is 8.65. The average molecular weight is 506 g/mol. The molecule has 0 aliphatic carbocycles. The number of hydrogen-bond acceptors (Lipinski definition) is 5. The summed E-state index contributed by atoms with van der Waals surface area (Å²) in [7, 11) is 1.61. The molecule has 2 aromatic heterocycles. The predicted octanol–water partition coefficient (Wildman–Crippen LogP) is 6.59. The van der Waals surface area contributed by atoms with Gasteiger partial charge in [0, 0.05) is 34.8 Å². The Balaban J connectivity index is 1.55. The summed E-state index contributed by atoms with van der Waals surface area (Å²) in [5.74, 6) is 2.57. The lowest BCUT2D eigenvalue weighted by Gasteiger charge is -2.15. The fourth-order valence-electron chi connectivity index (χ4n) is 3.64. The molecular weight excluding hydrogens is 483 g/mol. The molecule has 2 N–H and O–H groups in total. The van der Waals surface area contributed by atoms with Gasteiger partial charge in [-0.2, -0.15) is 4.98 Å². The number of hydrogen-bond donors (Lipinski definition) is 2. The van der Waals surface area contributed by atoms with Crippen LogP contribution in [0.3, 0.4) is 0 Å². The Morgan fingerprint density at radius 2 is 2.03 bits per heavy atom. The summed E-state index contributed by atoms with van der Waals surface area (Å²) in [5.41, 5.74) is 2.69. The van der Waals surface area contributed by atoms with Gasteiger partial charge in [0.1, 0.15) is 23.1 Å². The number of ether oxygens (including phenoxy) is 1. The van der Waals surface area contributed by atoms with Crippen LogP contribution >= 0.6 is 34.8 Å². The van der Waals surface area contributed by atoms with E-state index in [1.54, 1.807) is 24.2 Å². The molecule has 1 atom stereocenters. The van der Waals surface area contributed by atoms with Crippen molar-refractivity contribution in [3.63, 3.8) is 0 Å². The number of nitrogens with zero attached hydrogens (tertiary/aromatic N) is 4. The SMILES string of the molecule is COc1cc(Nc2n[nH]c(C(CCCCCl)c3cccc(Cl)c3)n2)ccc1-n1cnc(Cl)c1. The lowest BCUT2D eigenvalue weighted by molar-refractivity contribution is 0.413. The van der Waals surface area contributed by atoms with Gasteiger partial charge in [0.25, 0.3) is 0 Å². The average Bonchev–Trinajstić information content (AvgIpc) is 3.45. The Labute approximate surface area is 207 Å². The van der Waals surface area contributed by atoms with Gasteiger partial charge >= 0.3 is 0 Å². The molecule has 0 radical (unpaired) electrons. The highest BCUT2D eigenvalue weighted by molar-refractivity contribution is 6.30. The third kappa shape index (κ3) is 5.79. The highest BCUT2D eigenvalue weighted by atomic mass is 35.5. The second kappa shape index (κ2) is 10.9. The van der Waals surface area contributed by atoms with E-state index in [-0.39, 0.29) is 5.92 Å². The van der Waals surface area contributed by atoms with Crippen LogP contribution in [0.1, 0.15) is 36.6 Å². The number of aromatic amines is 1. The summed E-state index contributed by atoms with van der Waals surface area (Å²) in [4.78, 5) is 8.76. The van der Waals surface area contributed by atoms with Crippen molar-refractivity contribution in [2.45, 2.75) is 25.2 Å². The van der Waals surface area contributed by atoms with Crippen LogP contribution in [-0.2, 0) is 0 Å². The van der Waals surface area contributed by atoms with Crippen molar-refractivity contribution in [2.75, 3.05) is 18.3 Å². The number of anilines is 2. The van der Waals surface area contributed by atoms with E-state index >= 15 is 0 Å². The van der Waals surface area contributed by atoms with Crippen molar-refractivity contribution in [2.24, 2.45) is 0 Å². The molecule has 172 valence electrons. The molecule has 0 aliphatic heterocycles. The van der Waals surface area contributed by atoms with Crippen LogP contribution in [0.5, 0.6) is 5.75 Å². The summed E-state index contributed by atoms with van der Waals surface area (Å²) in [6.07, 6.45) is 6.15. The molecular formula is C23H23Cl3N6O. The molecule has 0 bridgehead atoms. The number of unbranched alkanes of at least 4 members (excludes halogenated alkanes) is 1. The van der Waals surface area contributed by atoms with Crippen molar-refractivity contribution < 1.29 is 4.74 Å². The van der Waals surface area contributed by atoms with Crippen molar-refractivity contribution in [3.8, 4) is 11.4 Å². The monoisotopic (exact) mass is 504 g/mol. The molecule has 4 rings (SSSR count). The third-order valence-electron chi connectivity index (χ3n) is 5.23. The molecule has 4 aromatic rings. The van der Waals surface area contributed by atoms with Crippen LogP contribution in [0.2, 0.25) is 10.2 Å². The Morgan fingerprint density at radius 3 is 2.76 bits per heavy atom. The van der Waals surface area contributed by atoms with Crippen LogP contribution in [-0.4, -0.2) is 37.7 Å². The maximum absolute atomic E-state index is 6.23. The van der Waals surface area contributed by atoms with Crippen LogP contribution in [0.15, 0.2) is 55.0 Å². The first kappa shape index (κ1) is 23.4. The topological polar surface area (TPSA) is 80.6 Å². The standard InChI is InChI=1S/C23H23Cl3N6O/c1-33-20-12-17(8-9-19(20)32-13-21(26)27-14-32)28-23-29-22(30-31-23)18(7-2-3-10-24)15-5-4-6-16(25)11-15/h4-6,8-9,11-14,18H,2-3,7,10H2,1H3,(H2,28,29,30,31). The molecule has 7 nitrogen and oxygen atoms in total. The van der Waals surface area contributed by atoms with Gasteiger partial charge in [-0.3, -0.25) is 5.10 Å². The summed E-state index contributed by atoms with van der Waals surface area (Å²) < 4.78 is 7.35. The Morgan fingerprint density at radius 1 is 1.15 bits per heavy atom. The predicted molar refractivity (Wildman–Crippen MR) is 133 cm³/mol. The molecule has 0 saturated carbocycles. The quantitative estimate of drug-likeness (QED) is 0.188. The smallest absolute Gasteiger partial charge is 0.246 e. The van der Waals surface area contributed by atoms with Crippen LogP contribution in [0.4, 0.5) is 11.6 Å². The Kier molecular flexibility index (Phi) is 7.75. The number of alkyl halides is 1. The number of methoxy groups -OCH3 is 1. The van der Waals surface area contributed by atoms with E-state index < -0.39 is 0 Å². The van der Waals surface area contributed by atoms with Gasteiger partial charge in [0.15, 0.2) is 0 Å². The molecule has 0 spiro atoms. The van der Waals surface area contributed by atoms with E-state index in [4.69, 9.17) is 44.5 Å². The minimum Gasteiger partial charge on any atom is -0.494 e. The van der Waals surface area contributed by atoms with E-state index in [0.717, 1.165) is 42.0 Å². The Bertz CT molecular complexity index is 1210. The van der Waals surface area contributed by atoms with Crippen LogP contribution in [0, 0.1) is 0 Å². The summed E-state index contributed by atoms with van der Waals surface area (Å²) in [6.45, 7) is 0. The molecule has 2 heterocycles. The maximum Gasteiger partial charge on any atom is 0.246 e. The zero-order valence-corrected chi connectivity index (χ0v) is 20.2. The highest BCUT2D eigenvalue weighted by Gasteiger charge is 2.19. The van der Waals surface area contributed by atoms with Crippen molar-refractivity contribution in [1.29, 1.82) is 0 Å². The minimum atomic E-state index is 0.0397. The Hall–Kier alpha value is -2.74. The number of benzene rings is 2. The number of imidazole rings is 1. The van der Waals surface area contributed by atoms with Gasteiger partial charge in [0.2, 0.25) is 5.95 Å². The van der Waals surface area contributed by atoms with Gasteiger partial charge < -0.3 is 14.6 Å². The van der Waals surface area contributed by atoms with Gasteiger partial charge in [-0.25, -0.2) is 4.98 Å². The summed E-state index contributed by atoms with van der Waals surface area (Å²) in [6, 6.07) is 13.5. The van der Waals surface area contributed by atoms with Crippen LogP contribution < -0.4 is 10.1 Å². The highest BCUT2D eigenvalue weighted by Crippen LogP contribution is 2.31. The first-order valence-corrected chi connectivity index (χ1v) is 11.7. The van der Waals surface area contributed by atoms with Gasteiger partial charge in [-0.05, 0) is 42.7 Å². The fraction of sp³-hybridized carbons (Fsp3) is 0.261. The first-order valence-electron chi connectivity index (χ1n) is 10.5. The summed E-state index contributed by atoms with van der Waals surface area (Å²) >= 11 is 18.1.